The molecule has 0 bridgehead atoms. The normalized spacial score (nSPS) is 20.4. The first-order valence-electron chi connectivity index (χ1n) is 5.89. The second kappa shape index (κ2) is 5.44. The van der Waals surface area contributed by atoms with E-state index in [2.05, 4.69) is 16.3 Å². The Balaban J connectivity index is 1.84. The molecule has 0 radical (unpaired) electrons. The number of ether oxygens (including phenoxy) is 1. The Morgan fingerprint density at radius 3 is 3.06 bits per heavy atom. The molecule has 1 fully saturated rings. The predicted molar refractivity (Wildman–Crippen MR) is 65.2 cm³/mol. The lowest BCUT2D eigenvalue weighted by molar-refractivity contribution is -0.136. The number of piperidine rings is 1. The van der Waals surface area contributed by atoms with Crippen LogP contribution in [0.5, 0.6) is 5.19 Å². The minimum Gasteiger partial charge on any atom is -0.459 e. The summed E-state index contributed by atoms with van der Waals surface area (Å²) >= 11 is 1.18. The highest BCUT2D eigenvalue weighted by Crippen LogP contribution is 2.17. The molecular formula is C11H17N3O2S. The molecule has 1 aromatic heterocycles. The van der Waals surface area contributed by atoms with Crippen LogP contribution in [-0.4, -0.2) is 39.4 Å². The van der Waals surface area contributed by atoms with E-state index in [9.17, 15) is 4.79 Å². The molecule has 1 unspecified atom stereocenters. The molecule has 1 atom stereocenters. The van der Waals surface area contributed by atoms with E-state index in [0.29, 0.717) is 17.1 Å². The molecule has 1 aromatic rings. The fourth-order valence-electron chi connectivity index (χ4n) is 2.01. The smallest absolute Gasteiger partial charge is 0.293 e. The molecule has 0 spiro atoms. The van der Waals surface area contributed by atoms with Gasteiger partial charge in [-0.05, 0) is 33.1 Å². The predicted octanol–water partition coefficient (Wildman–Crippen LogP) is 1.63. The van der Waals surface area contributed by atoms with Crippen LogP contribution in [0, 0.1) is 6.92 Å². The van der Waals surface area contributed by atoms with Gasteiger partial charge < -0.3 is 9.64 Å². The van der Waals surface area contributed by atoms with Gasteiger partial charge in [0.1, 0.15) is 5.82 Å². The van der Waals surface area contributed by atoms with Crippen molar-refractivity contribution < 1.29 is 9.53 Å². The van der Waals surface area contributed by atoms with Crippen LogP contribution in [0.25, 0.3) is 0 Å². The zero-order chi connectivity index (χ0) is 12.3. The number of rotatable bonds is 3. The van der Waals surface area contributed by atoms with E-state index >= 15 is 0 Å². The van der Waals surface area contributed by atoms with E-state index in [-0.39, 0.29) is 12.5 Å². The Bertz CT molecular complexity index is 394. The van der Waals surface area contributed by atoms with E-state index in [0.717, 1.165) is 19.4 Å². The third-order valence-electron chi connectivity index (χ3n) is 2.95. The first kappa shape index (κ1) is 12.3. The summed E-state index contributed by atoms with van der Waals surface area (Å²) in [4.78, 5) is 17.9. The number of aromatic nitrogens is 2. The molecular weight excluding hydrogens is 238 g/mol. The molecule has 1 aliphatic heterocycles. The maximum absolute atomic E-state index is 11.9. The summed E-state index contributed by atoms with van der Waals surface area (Å²) in [5, 5.41) is 0.473. The maximum Gasteiger partial charge on any atom is 0.293 e. The van der Waals surface area contributed by atoms with Crippen LogP contribution in [-0.2, 0) is 4.79 Å². The molecule has 5 nitrogen and oxygen atoms in total. The lowest BCUT2D eigenvalue weighted by Crippen LogP contribution is -2.44. The fraction of sp³-hybridized carbons (Fsp3) is 0.727. The largest absolute Gasteiger partial charge is 0.459 e. The van der Waals surface area contributed by atoms with Crippen LogP contribution in [0.4, 0.5) is 0 Å². The number of aryl methyl sites for hydroxylation is 1. The molecule has 1 amide bonds. The van der Waals surface area contributed by atoms with E-state index in [1.54, 1.807) is 6.92 Å². The Labute approximate surface area is 105 Å². The van der Waals surface area contributed by atoms with Crippen molar-refractivity contribution in [2.24, 2.45) is 0 Å². The van der Waals surface area contributed by atoms with Crippen molar-refractivity contribution >= 4 is 17.4 Å². The van der Waals surface area contributed by atoms with Gasteiger partial charge in [0.05, 0.1) is 0 Å². The van der Waals surface area contributed by atoms with Gasteiger partial charge in [-0.15, -0.1) is 0 Å². The average molecular weight is 255 g/mol. The standard InChI is InChI=1S/C11H17N3O2S/c1-8-5-3-4-6-14(8)10(15)7-16-11-12-9(2)13-17-11/h8H,3-7H2,1-2H3. The van der Waals surface area contributed by atoms with Gasteiger partial charge in [0.25, 0.3) is 11.1 Å². The minimum atomic E-state index is 0.0463. The zero-order valence-corrected chi connectivity index (χ0v) is 11.0. The number of carbonyl (C=O) groups excluding carboxylic acids is 1. The van der Waals surface area contributed by atoms with Crippen molar-refractivity contribution in [2.45, 2.75) is 39.2 Å². The molecule has 0 saturated carbocycles. The Kier molecular flexibility index (Phi) is 3.93. The molecule has 1 aliphatic rings. The number of likely N-dealkylation sites (tertiary alicyclic amines) is 1. The molecule has 6 heteroatoms. The summed E-state index contributed by atoms with van der Waals surface area (Å²) in [5.41, 5.74) is 0. The summed E-state index contributed by atoms with van der Waals surface area (Å²) in [6, 6.07) is 0.330. The molecule has 2 heterocycles. The molecule has 0 aromatic carbocycles. The molecule has 0 aliphatic carbocycles. The van der Waals surface area contributed by atoms with Gasteiger partial charge in [0, 0.05) is 24.1 Å². The molecule has 2 rings (SSSR count). The van der Waals surface area contributed by atoms with Crippen LogP contribution >= 0.6 is 11.5 Å². The first-order chi connectivity index (χ1) is 8.16. The SMILES string of the molecule is Cc1nsc(OCC(=O)N2CCCCC2C)n1. The van der Waals surface area contributed by atoms with Crippen molar-refractivity contribution in [3.8, 4) is 5.19 Å². The van der Waals surface area contributed by atoms with Crippen LogP contribution in [0.2, 0.25) is 0 Å². The van der Waals surface area contributed by atoms with Crippen LogP contribution in [0.15, 0.2) is 0 Å². The third kappa shape index (κ3) is 3.15. The number of hydrogen-bond donors (Lipinski definition) is 0. The van der Waals surface area contributed by atoms with Crippen LogP contribution < -0.4 is 4.74 Å². The second-order valence-electron chi connectivity index (χ2n) is 4.33. The van der Waals surface area contributed by atoms with Gasteiger partial charge in [0.15, 0.2) is 6.61 Å². The topological polar surface area (TPSA) is 55.3 Å². The van der Waals surface area contributed by atoms with Gasteiger partial charge in [0.2, 0.25) is 0 Å². The lowest BCUT2D eigenvalue weighted by atomic mass is 10.0. The van der Waals surface area contributed by atoms with Crippen LogP contribution in [0.1, 0.15) is 32.0 Å². The van der Waals surface area contributed by atoms with Gasteiger partial charge in [-0.3, -0.25) is 4.79 Å². The quantitative estimate of drug-likeness (QED) is 0.823. The third-order valence-corrected chi connectivity index (χ3v) is 3.67. The number of amides is 1. The summed E-state index contributed by atoms with van der Waals surface area (Å²) in [7, 11) is 0. The molecule has 0 N–H and O–H groups in total. The van der Waals surface area contributed by atoms with Gasteiger partial charge >= 0.3 is 0 Å². The monoisotopic (exact) mass is 255 g/mol. The highest BCUT2D eigenvalue weighted by Gasteiger charge is 2.23. The molecule has 94 valence electrons. The number of nitrogens with zero attached hydrogens (tertiary/aromatic N) is 3. The summed E-state index contributed by atoms with van der Waals surface area (Å²) < 4.78 is 9.35. The first-order valence-corrected chi connectivity index (χ1v) is 6.67. The lowest BCUT2D eigenvalue weighted by Gasteiger charge is -2.33. The van der Waals surface area contributed by atoms with E-state index in [4.69, 9.17) is 4.74 Å². The Morgan fingerprint density at radius 2 is 2.41 bits per heavy atom. The summed E-state index contributed by atoms with van der Waals surface area (Å²) in [6.07, 6.45) is 3.39. The second-order valence-corrected chi connectivity index (χ2v) is 5.04. The van der Waals surface area contributed by atoms with E-state index in [1.807, 2.05) is 4.90 Å². The van der Waals surface area contributed by atoms with E-state index in [1.165, 1.54) is 18.0 Å². The van der Waals surface area contributed by atoms with Gasteiger partial charge in [-0.25, -0.2) is 0 Å². The molecule has 1 saturated heterocycles. The van der Waals surface area contributed by atoms with Crippen molar-refractivity contribution in [3.05, 3.63) is 5.82 Å². The zero-order valence-electron chi connectivity index (χ0n) is 10.2. The minimum absolute atomic E-state index is 0.0463. The highest BCUT2D eigenvalue weighted by molar-refractivity contribution is 7.07. The van der Waals surface area contributed by atoms with Crippen molar-refractivity contribution in [2.75, 3.05) is 13.2 Å². The highest BCUT2D eigenvalue weighted by atomic mass is 32.1. The molecule has 17 heavy (non-hydrogen) atoms. The van der Waals surface area contributed by atoms with Gasteiger partial charge in [-0.2, -0.15) is 9.36 Å². The number of carbonyl (C=O) groups is 1. The van der Waals surface area contributed by atoms with Crippen molar-refractivity contribution in [1.29, 1.82) is 0 Å². The Hall–Kier alpha value is -1.17. The Morgan fingerprint density at radius 1 is 1.59 bits per heavy atom. The average Bonchev–Trinajstić information content (AvgIpc) is 2.73. The van der Waals surface area contributed by atoms with Crippen molar-refractivity contribution in [1.82, 2.24) is 14.3 Å². The maximum atomic E-state index is 11.9. The number of hydrogen-bond acceptors (Lipinski definition) is 5. The summed E-state index contributed by atoms with van der Waals surface area (Å²) in [5.74, 6) is 0.730. The van der Waals surface area contributed by atoms with E-state index < -0.39 is 0 Å². The van der Waals surface area contributed by atoms with Gasteiger partial charge in [-0.1, -0.05) is 0 Å². The fourth-order valence-corrected chi connectivity index (χ4v) is 2.55. The summed E-state index contributed by atoms with van der Waals surface area (Å²) in [6.45, 7) is 4.81. The van der Waals surface area contributed by atoms with Crippen LogP contribution in [0.3, 0.4) is 0 Å². The van der Waals surface area contributed by atoms with Crippen molar-refractivity contribution in [3.63, 3.8) is 0 Å².